The number of aromatic nitrogens is 2. The number of carbonyl (C=O) groups excluding carboxylic acids is 2. The Balaban J connectivity index is 1.63. The molecule has 0 saturated heterocycles. The second kappa shape index (κ2) is 12.0. The van der Waals surface area contributed by atoms with Crippen LogP contribution in [0.15, 0.2) is 72.9 Å². The molecule has 0 spiro atoms. The molecule has 0 radical (unpaired) electrons. The number of rotatable bonds is 8. The Labute approximate surface area is 231 Å². The minimum absolute atomic E-state index is 0.0209. The fourth-order valence-electron chi connectivity index (χ4n) is 3.98. The third-order valence-electron chi connectivity index (χ3n) is 6.21. The van der Waals surface area contributed by atoms with Crippen LogP contribution in [0.2, 0.25) is 5.28 Å². The molecule has 0 saturated carbocycles. The largest absolute Gasteiger partial charge is 0.508 e. The topological polar surface area (TPSA) is 116 Å². The summed E-state index contributed by atoms with van der Waals surface area (Å²) in [4.78, 5) is 35.4. The van der Waals surface area contributed by atoms with Gasteiger partial charge in [-0.2, -0.15) is 0 Å². The van der Waals surface area contributed by atoms with Gasteiger partial charge in [-0.05, 0) is 59.5 Å². The first-order valence-corrected chi connectivity index (χ1v) is 12.8. The van der Waals surface area contributed by atoms with Gasteiger partial charge < -0.3 is 20.4 Å². The second-order valence-corrected chi connectivity index (χ2v) is 9.84. The smallest absolute Gasteiger partial charge is 0.262 e. The zero-order valence-electron chi connectivity index (χ0n) is 21.9. The van der Waals surface area contributed by atoms with E-state index >= 15 is 0 Å². The SMILES string of the molecule is Cc1cnc(Cl)nc1-c1ccc(N(Cc2ccc(CNC(=O)C(C)C)cc2)C(=O)c2ccc(O)cc2O)cc1. The van der Waals surface area contributed by atoms with Crippen molar-refractivity contribution < 1.29 is 19.8 Å². The Hall–Kier alpha value is -4.43. The van der Waals surface area contributed by atoms with Crippen LogP contribution in [-0.2, 0) is 17.9 Å². The van der Waals surface area contributed by atoms with Gasteiger partial charge in [0, 0.05) is 36.0 Å². The average molecular weight is 545 g/mol. The van der Waals surface area contributed by atoms with Gasteiger partial charge in [-0.1, -0.05) is 50.2 Å². The highest BCUT2D eigenvalue weighted by Gasteiger charge is 2.22. The number of amides is 2. The molecule has 0 aliphatic heterocycles. The summed E-state index contributed by atoms with van der Waals surface area (Å²) in [5.74, 6) is -1.01. The number of carbonyl (C=O) groups is 2. The molecule has 0 aliphatic carbocycles. The number of phenolic OH excluding ortho intramolecular Hbond substituents is 2. The van der Waals surface area contributed by atoms with Gasteiger partial charge in [-0.25, -0.2) is 9.97 Å². The van der Waals surface area contributed by atoms with Gasteiger partial charge in [0.2, 0.25) is 11.2 Å². The van der Waals surface area contributed by atoms with E-state index in [0.29, 0.717) is 17.9 Å². The molecule has 3 aromatic carbocycles. The van der Waals surface area contributed by atoms with E-state index in [4.69, 9.17) is 11.6 Å². The van der Waals surface area contributed by atoms with E-state index < -0.39 is 5.91 Å². The lowest BCUT2D eigenvalue weighted by molar-refractivity contribution is -0.124. The summed E-state index contributed by atoms with van der Waals surface area (Å²) < 4.78 is 0. The standard InChI is InChI=1S/C30H29ClN4O4/c1-18(2)28(38)32-16-20-4-6-21(7-5-20)17-35(29(39)25-13-12-24(36)14-26(25)37)23-10-8-22(9-11-23)27-19(3)15-33-30(31)34-27/h4-15,18,36-37H,16-17H2,1-3H3,(H,32,38). The molecule has 39 heavy (non-hydrogen) atoms. The number of anilines is 1. The first-order valence-electron chi connectivity index (χ1n) is 12.4. The van der Waals surface area contributed by atoms with Gasteiger partial charge in [0.05, 0.1) is 17.8 Å². The minimum Gasteiger partial charge on any atom is -0.508 e. The van der Waals surface area contributed by atoms with E-state index in [1.54, 1.807) is 23.2 Å². The van der Waals surface area contributed by atoms with Crippen molar-refractivity contribution in [1.29, 1.82) is 0 Å². The molecule has 9 heteroatoms. The summed E-state index contributed by atoms with van der Waals surface area (Å²) >= 11 is 6.00. The number of benzene rings is 3. The van der Waals surface area contributed by atoms with E-state index in [2.05, 4.69) is 15.3 Å². The maximum absolute atomic E-state index is 13.6. The van der Waals surface area contributed by atoms with Crippen LogP contribution in [0.4, 0.5) is 5.69 Å². The van der Waals surface area contributed by atoms with Crippen LogP contribution in [0, 0.1) is 12.8 Å². The minimum atomic E-state index is -0.435. The zero-order chi connectivity index (χ0) is 28.1. The summed E-state index contributed by atoms with van der Waals surface area (Å²) in [7, 11) is 0. The predicted octanol–water partition coefficient (Wildman–Crippen LogP) is 5.64. The maximum atomic E-state index is 13.6. The molecule has 0 unspecified atom stereocenters. The lowest BCUT2D eigenvalue weighted by Gasteiger charge is -2.24. The Kier molecular flexibility index (Phi) is 8.46. The summed E-state index contributed by atoms with van der Waals surface area (Å²) in [6.07, 6.45) is 1.65. The maximum Gasteiger partial charge on any atom is 0.262 e. The summed E-state index contributed by atoms with van der Waals surface area (Å²) in [5, 5.41) is 23.1. The Morgan fingerprint density at radius 3 is 2.28 bits per heavy atom. The highest BCUT2D eigenvalue weighted by atomic mass is 35.5. The molecule has 1 aromatic heterocycles. The molecule has 0 fully saturated rings. The number of hydrogen-bond acceptors (Lipinski definition) is 6. The number of hydrogen-bond donors (Lipinski definition) is 3. The second-order valence-electron chi connectivity index (χ2n) is 9.50. The molecule has 8 nitrogen and oxygen atoms in total. The molecule has 4 aromatic rings. The van der Waals surface area contributed by atoms with E-state index in [9.17, 15) is 19.8 Å². The Morgan fingerprint density at radius 2 is 1.64 bits per heavy atom. The molecule has 3 N–H and O–H groups in total. The first-order chi connectivity index (χ1) is 18.6. The highest BCUT2D eigenvalue weighted by molar-refractivity contribution is 6.28. The van der Waals surface area contributed by atoms with Gasteiger partial charge in [0.15, 0.2) is 0 Å². The van der Waals surface area contributed by atoms with Crippen molar-refractivity contribution in [3.63, 3.8) is 0 Å². The van der Waals surface area contributed by atoms with E-state index in [-0.39, 0.29) is 40.7 Å². The van der Waals surface area contributed by atoms with Gasteiger partial charge >= 0.3 is 0 Å². The quantitative estimate of drug-likeness (QED) is 0.247. The summed E-state index contributed by atoms with van der Waals surface area (Å²) in [6.45, 7) is 6.20. The predicted molar refractivity (Wildman–Crippen MR) is 151 cm³/mol. The highest BCUT2D eigenvalue weighted by Crippen LogP contribution is 2.30. The van der Waals surface area contributed by atoms with Crippen LogP contribution in [0.1, 0.15) is 40.9 Å². The lowest BCUT2D eigenvalue weighted by atomic mass is 10.1. The van der Waals surface area contributed by atoms with E-state index in [1.807, 2.05) is 57.2 Å². The number of nitrogens with zero attached hydrogens (tertiary/aromatic N) is 3. The normalized spacial score (nSPS) is 10.9. The van der Waals surface area contributed by atoms with Crippen LogP contribution in [-0.4, -0.2) is 32.0 Å². The number of halogens is 1. The number of aryl methyl sites for hydroxylation is 1. The van der Waals surface area contributed by atoms with Crippen LogP contribution in [0.5, 0.6) is 11.5 Å². The van der Waals surface area contributed by atoms with Crippen molar-refractivity contribution in [3.05, 3.63) is 100 Å². The fourth-order valence-corrected chi connectivity index (χ4v) is 4.11. The van der Waals surface area contributed by atoms with Gasteiger partial charge in [0.1, 0.15) is 11.5 Å². The Morgan fingerprint density at radius 1 is 0.974 bits per heavy atom. The lowest BCUT2D eigenvalue weighted by Crippen LogP contribution is -2.30. The number of aromatic hydroxyl groups is 2. The Bertz CT molecular complexity index is 1490. The molecule has 4 rings (SSSR count). The summed E-state index contributed by atoms with van der Waals surface area (Å²) in [5.41, 5.74) is 4.81. The molecule has 1 heterocycles. The summed E-state index contributed by atoms with van der Waals surface area (Å²) in [6, 6.07) is 18.8. The van der Waals surface area contributed by atoms with Crippen LogP contribution < -0.4 is 10.2 Å². The van der Waals surface area contributed by atoms with Crippen molar-refractivity contribution in [2.75, 3.05) is 4.90 Å². The number of nitrogens with one attached hydrogen (secondary N) is 1. The van der Waals surface area contributed by atoms with Crippen LogP contribution in [0.25, 0.3) is 11.3 Å². The monoisotopic (exact) mass is 544 g/mol. The molecule has 0 atom stereocenters. The van der Waals surface area contributed by atoms with Crippen LogP contribution >= 0.6 is 11.6 Å². The molecule has 0 bridgehead atoms. The molecular formula is C30H29ClN4O4. The van der Waals surface area contributed by atoms with Gasteiger partial charge in [-0.15, -0.1) is 0 Å². The number of phenols is 2. The molecule has 200 valence electrons. The fraction of sp³-hybridized carbons (Fsp3) is 0.200. The van der Waals surface area contributed by atoms with Gasteiger partial charge in [0.25, 0.3) is 5.91 Å². The average Bonchev–Trinajstić information content (AvgIpc) is 2.92. The van der Waals surface area contributed by atoms with Crippen molar-refractivity contribution >= 4 is 29.1 Å². The van der Waals surface area contributed by atoms with Crippen molar-refractivity contribution in [2.24, 2.45) is 5.92 Å². The molecular weight excluding hydrogens is 516 g/mol. The van der Waals surface area contributed by atoms with Crippen molar-refractivity contribution in [1.82, 2.24) is 15.3 Å². The van der Waals surface area contributed by atoms with Gasteiger partial charge in [-0.3, -0.25) is 9.59 Å². The van der Waals surface area contributed by atoms with Crippen LogP contribution in [0.3, 0.4) is 0 Å². The van der Waals surface area contributed by atoms with Crippen molar-refractivity contribution in [2.45, 2.75) is 33.9 Å². The first kappa shape index (κ1) is 27.6. The molecule has 2 amide bonds. The third-order valence-corrected chi connectivity index (χ3v) is 6.39. The third kappa shape index (κ3) is 6.72. The van der Waals surface area contributed by atoms with E-state index in [0.717, 1.165) is 28.3 Å². The van der Waals surface area contributed by atoms with Crippen molar-refractivity contribution in [3.8, 4) is 22.8 Å². The zero-order valence-corrected chi connectivity index (χ0v) is 22.6. The molecule has 0 aliphatic rings. The van der Waals surface area contributed by atoms with E-state index in [1.165, 1.54) is 12.1 Å².